The molecule has 2 heterocycles. The molecule has 0 aliphatic heterocycles. The summed E-state index contributed by atoms with van der Waals surface area (Å²) in [6.45, 7) is 6.22. The summed E-state index contributed by atoms with van der Waals surface area (Å²) in [5.41, 5.74) is 5.29. The number of anilines is 1. The molecule has 0 saturated carbocycles. The summed E-state index contributed by atoms with van der Waals surface area (Å²) in [4.78, 5) is 23.2. The molecule has 6 nitrogen and oxygen atoms in total. The lowest BCUT2D eigenvalue weighted by Gasteiger charge is -2.17. The SMILES string of the molecule is CCC(Sc1ncnc2scc(-c3ccc(C)c(C)c3)c12)C(=O)Nc1cc(OC)ccc1OC. The number of methoxy groups -OCH3 is 2. The molecule has 176 valence electrons. The zero-order valence-electron chi connectivity index (χ0n) is 19.8. The number of aryl methyl sites for hydroxylation is 2. The van der Waals surface area contributed by atoms with Crippen LogP contribution in [0.4, 0.5) is 5.69 Å². The van der Waals surface area contributed by atoms with E-state index in [9.17, 15) is 4.79 Å². The third kappa shape index (κ3) is 4.88. The molecule has 1 unspecified atom stereocenters. The van der Waals surface area contributed by atoms with Gasteiger partial charge in [-0.3, -0.25) is 4.79 Å². The molecule has 1 amide bonds. The zero-order valence-corrected chi connectivity index (χ0v) is 21.5. The molecule has 1 N–H and O–H groups in total. The first-order valence-electron chi connectivity index (χ1n) is 10.9. The Kier molecular flexibility index (Phi) is 7.38. The van der Waals surface area contributed by atoms with Crippen LogP contribution in [0.25, 0.3) is 21.3 Å². The van der Waals surface area contributed by atoms with Crippen LogP contribution in [-0.2, 0) is 4.79 Å². The van der Waals surface area contributed by atoms with Crippen molar-refractivity contribution in [3.63, 3.8) is 0 Å². The number of hydrogen-bond donors (Lipinski definition) is 1. The van der Waals surface area contributed by atoms with Crippen molar-refractivity contribution in [1.29, 1.82) is 0 Å². The number of carbonyl (C=O) groups excluding carboxylic acids is 1. The van der Waals surface area contributed by atoms with Crippen molar-refractivity contribution in [2.24, 2.45) is 0 Å². The average molecular weight is 494 g/mol. The minimum absolute atomic E-state index is 0.117. The maximum absolute atomic E-state index is 13.3. The summed E-state index contributed by atoms with van der Waals surface area (Å²) in [7, 11) is 3.17. The predicted octanol–water partition coefficient (Wildman–Crippen LogP) is 6.50. The zero-order chi connectivity index (χ0) is 24.2. The van der Waals surface area contributed by atoms with Crippen molar-refractivity contribution < 1.29 is 14.3 Å². The number of benzene rings is 2. The molecule has 4 rings (SSSR count). The van der Waals surface area contributed by atoms with Gasteiger partial charge in [0.15, 0.2) is 0 Å². The fourth-order valence-corrected chi connectivity index (χ4v) is 5.66. The molecular weight excluding hydrogens is 466 g/mol. The molecular formula is C26H27N3O3S2. The van der Waals surface area contributed by atoms with Crippen LogP contribution < -0.4 is 14.8 Å². The maximum atomic E-state index is 13.3. The van der Waals surface area contributed by atoms with Gasteiger partial charge in [-0.1, -0.05) is 36.9 Å². The highest BCUT2D eigenvalue weighted by Crippen LogP contribution is 2.40. The van der Waals surface area contributed by atoms with Crippen LogP contribution in [0.3, 0.4) is 0 Å². The first-order chi connectivity index (χ1) is 16.4. The fourth-order valence-electron chi connectivity index (χ4n) is 3.64. The van der Waals surface area contributed by atoms with E-state index in [1.54, 1.807) is 50.1 Å². The average Bonchev–Trinajstić information content (AvgIpc) is 3.29. The van der Waals surface area contributed by atoms with Gasteiger partial charge in [0.25, 0.3) is 0 Å². The van der Waals surface area contributed by atoms with Gasteiger partial charge in [0, 0.05) is 17.0 Å². The van der Waals surface area contributed by atoms with Gasteiger partial charge in [-0.25, -0.2) is 9.97 Å². The van der Waals surface area contributed by atoms with Gasteiger partial charge in [-0.15, -0.1) is 11.3 Å². The number of ether oxygens (including phenoxy) is 2. The molecule has 0 bridgehead atoms. The molecule has 2 aromatic heterocycles. The summed E-state index contributed by atoms with van der Waals surface area (Å²) < 4.78 is 10.7. The third-order valence-corrected chi connectivity index (χ3v) is 7.99. The van der Waals surface area contributed by atoms with Crippen molar-refractivity contribution in [1.82, 2.24) is 9.97 Å². The Balaban J connectivity index is 1.65. The second-order valence-corrected chi connectivity index (χ2v) is 9.93. The van der Waals surface area contributed by atoms with Crippen LogP contribution in [-0.4, -0.2) is 35.3 Å². The fraction of sp³-hybridized carbons (Fsp3) is 0.269. The highest BCUT2D eigenvalue weighted by atomic mass is 32.2. The van der Waals surface area contributed by atoms with Crippen LogP contribution in [0.2, 0.25) is 0 Å². The number of hydrogen-bond acceptors (Lipinski definition) is 7. The van der Waals surface area contributed by atoms with Gasteiger partial charge >= 0.3 is 0 Å². The smallest absolute Gasteiger partial charge is 0.238 e. The Morgan fingerprint density at radius 2 is 1.91 bits per heavy atom. The van der Waals surface area contributed by atoms with Crippen LogP contribution in [0.1, 0.15) is 24.5 Å². The van der Waals surface area contributed by atoms with E-state index in [1.807, 2.05) is 6.92 Å². The van der Waals surface area contributed by atoms with E-state index in [0.717, 1.165) is 26.4 Å². The van der Waals surface area contributed by atoms with E-state index < -0.39 is 0 Å². The predicted molar refractivity (Wildman–Crippen MR) is 140 cm³/mol. The van der Waals surface area contributed by atoms with Gasteiger partial charge in [-0.2, -0.15) is 0 Å². The van der Waals surface area contributed by atoms with E-state index in [4.69, 9.17) is 9.47 Å². The quantitative estimate of drug-likeness (QED) is 0.223. The maximum Gasteiger partial charge on any atom is 0.238 e. The van der Waals surface area contributed by atoms with Crippen molar-refractivity contribution in [3.05, 3.63) is 59.2 Å². The number of fused-ring (bicyclic) bond motifs is 1. The highest BCUT2D eigenvalue weighted by molar-refractivity contribution is 8.00. The summed E-state index contributed by atoms with van der Waals surface area (Å²) in [5, 5.41) is 6.57. The summed E-state index contributed by atoms with van der Waals surface area (Å²) in [6.07, 6.45) is 2.21. The number of carbonyl (C=O) groups is 1. The second-order valence-electron chi connectivity index (χ2n) is 7.88. The number of rotatable bonds is 8. The molecule has 1 atom stereocenters. The van der Waals surface area contributed by atoms with E-state index in [0.29, 0.717) is 23.6 Å². The topological polar surface area (TPSA) is 73.3 Å². The number of thioether (sulfide) groups is 1. The molecule has 0 aliphatic carbocycles. The minimum Gasteiger partial charge on any atom is -0.497 e. The normalized spacial score (nSPS) is 11.9. The summed E-state index contributed by atoms with van der Waals surface area (Å²) >= 11 is 3.05. The van der Waals surface area contributed by atoms with Crippen molar-refractivity contribution in [2.45, 2.75) is 37.5 Å². The number of nitrogens with zero attached hydrogens (tertiary/aromatic N) is 2. The first-order valence-corrected chi connectivity index (χ1v) is 12.7. The van der Waals surface area contributed by atoms with Crippen LogP contribution in [0.15, 0.2) is 53.1 Å². The largest absolute Gasteiger partial charge is 0.497 e. The molecule has 34 heavy (non-hydrogen) atoms. The van der Waals surface area contributed by atoms with Gasteiger partial charge in [0.1, 0.15) is 27.7 Å². The van der Waals surface area contributed by atoms with Crippen LogP contribution in [0.5, 0.6) is 11.5 Å². The second kappa shape index (κ2) is 10.4. The van der Waals surface area contributed by atoms with Crippen LogP contribution in [0, 0.1) is 13.8 Å². The Hall–Kier alpha value is -3.10. The molecule has 0 radical (unpaired) electrons. The van der Waals surface area contributed by atoms with E-state index >= 15 is 0 Å². The molecule has 0 aliphatic rings. The Morgan fingerprint density at radius 1 is 1.09 bits per heavy atom. The van der Waals surface area contributed by atoms with E-state index in [-0.39, 0.29) is 11.2 Å². The van der Waals surface area contributed by atoms with Crippen LogP contribution >= 0.6 is 23.1 Å². The van der Waals surface area contributed by atoms with Crippen molar-refractivity contribution in [3.8, 4) is 22.6 Å². The lowest BCUT2D eigenvalue weighted by atomic mass is 10.0. The van der Waals surface area contributed by atoms with Gasteiger partial charge in [-0.05, 0) is 49.1 Å². The van der Waals surface area contributed by atoms with Gasteiger partial charge < -0.3 is 14.8 Å². The van der Waals surface area contributed by atoms with Crippen molar-refractivity contribution >= 4 is 44.9 Å². The lowest BCUT2D eigenvalue weighted by molar-refractivity contribution is -0.115. The molecule has 2 aromatic carbocycles. The number of nitrogens with one attached hydrogen (secondary N) is 1. The summed E-state index contributed by atoms with van der Waals surface area (Å²) in [6, 6.07) is 11.8. The van der Waals surface area contributed by atoms with E-state index in [2.05, 4.69) is 52.7 Å². The summed E-state index contributed by atoms with van der Waals surface area (Å²) in [5.74, 6) is 1.10. The highest BCUT2D eigenvalue weighted by Gasteiger charge is 2.23. The molecule has 0 saturated heterocycles. The Morgan fingerprint density at radius 3 is 2.62 bits per heavy atom. The Bertz CT molecular complexity index is 1340. The lowest BCUT2D eigenvalue weighted by Crippen LogP contribution is -2.25. The van der Waals surface area contributed by atoms with Gasteiger partial charge in [0.2, 0.25) is 5.91 Å². The monoisotopic (exact) mass is 493 g/mol. The van der Waals surface area contributed by atoms with Crippen molar-refractivity contribution in [2.75, 3.05) is 19.5 Å². The number of aromatic nitrogens is 2. The molecule has 8 heteroatoms. The van der Waals surface area contributed by atoms with Gasteiger partial charge in [0.05, 0.1) is 30.5 Å². The Labute approximate surface area is 207 Å². The number of amides is 1. The third-order valence-electron chi connectivity index (χ3n) is 5.73. The molecule has 0 spiro atoms. The molecule has 0 fully saturated rings. The van der Waals surface area contributed by atoms with E-state index in [1.165, 1.54) is 22.9 Å². The molecule has 4 aromatic rings. The minimum atomic E-state index is -0.346. The first kappa shape index (κ1) is 24.0. The standard InChI is InChI=1S/C26H27N3O3S2/c1-6-22(24(30)29-20-12-18(31-4)9-10-21(20)32-5)34-26-23-19(13-33-25(23)27-14-28-26)17-8-7-15(2)16(3)11-17/h7-14,22H,6H2,1-5H3,(H,29,30). The number of thiophene rings is 1.